The van der Waals surface area contributed by atoms with E-state index in [2.05, 4.69) is 10.6 Å². The summed E-state index contributed by atoms with van der Waals surface area (Å²) in [6.07, 6.45) is 0. The van der Waals surface area contributed by atoms with Gasteiger partial charge >= 0.3 is 5.97 Å². The van der Waals surface area contributed by atoms with Gasteiger partial charge in [-0.2, -0.15) is 0 Å². The number of anilines is 1. The number of esters is 1. The Balaban J connectivity index is 1.53. The number of carbonyl (C=O) groups excluding carboxylic acids is 3. The molecule has 2 aromatic rings. The third-order valence-electron chi connectivity index (χ3n) is 4.32. The highest BCUT2D eigenvalue weighted by molar-refractivity contribution is 5.97. The van der Waals surface area contributed by atoms with Crippen molar-refractivity contribution >= 4 is 23.5 Å². The van der Waals surface area contributed by atoms with Gasteiger partial charge in [0.15, 0.2) is 18.1 Å². The lowest BCUT2D eigenvalue weighted by Crippen LogP contribution is -2.45. The van der Waals surface area contributed by atoms with Gasteiger partial charge < -0.3 is 24.8 Å². The van der Waals surface area contributed by atoms with E-state index in [1.807, 2.05) is 0 Å². The van der Waals surface area contributed by atoms with Crippen molar-refractivity contribution < 1.29 is 33.0 Å². The van der Waals surface area contributed by atoms with Crippen molar-refractivity contribution in [2.24, 2.45) is 5.92 Å². The number of carbonyl (C=O) groups is 3. The first-order valence-corrected chi connectivity index (χ1v) is 9.26. The van der Waals surface area contributed by atoms with Crippen LogP contribution in [0.15, 0.2) is 42.5 Å². The second-order valence-corrected chi connectivity index (χ2v) is 6.93. The highest BCUT2D eigenvalue weighted by Gasteiger charge is 2.27. The van der Waals surface area contributed by atoms with Crippen LogP contribution in [0.3, 0.4) is 0 Å². The van der Waals surface area contributed by atoms with E-state index >= 15 is 0 Å². The molecule has 30 heavy (non-hydrogen) atoms. The van der Waals surface area contributed by atoms with Gasteiger partial charge in [-0.15, -0.1) is 0 Å². The van der Waals surface area contributed by atoms with Crippen LogP contribution in [0, 0.1) is 11.7 Å². The number of ether oxygens (including phenoxy) is 3. The molecule has 158 valence electrons. The van der Waals surface area contributed by atoms with Crippen molar-refractivity contribution in [2.45, 2.75) is 19.9 Å². The summed E-state index contributed by atoms with van der Waals surface area (Å²) in [5.74, 6) is -1.52. The topological polar surface area (TPSA) is 103 Å². The van der Waals surface area contributed by atoms with Crippen LogP contribution in [-0.2, 0) is 14.3 Å². The molecule has 0 bridgehead atoms. The Morgan fingerprint density at radius 3 is 2.47 bits per heavy atom. The molecule has 0 saturated heterocycles. The highest BCUT2D eigenvalue weighted by Crippen LogP contribution is 2.34. The van der Waals surface area contributed by atoms with Gasteiger partial charge in [0.2, 0.25) is 6.79 Å². The molecule has 1 atom stereocenters. The molecule has 8 nitrogen and oxygen atoms in total. The number of hydrogen-bond donors (Lipinski definition) is 2. The number of hydrogen-bond acceptors (Lipinski definition) is 6. The first-order valence-electron chi connectivity index (χ1n) is 9.26. The number of rotatable bonds is 7. The van der Waals surface area contributed by atoms with Gasteiger partial charge in [-0.05, 0) is 42.3 Å². The smallest absolute Gasteiger partial charge is 0.329 e. The first kappa shape index (κ1) is 21.1. The van der Waals surface area contributed by atoms with Crippen LogP contribution >= 0.6 is 0 Å². The van der Waals surface area contributed by atoms with Gasteiger partial charge in [-0.25, -0.2) is 9.18 Å². The van der Waals surface area contributed by atoms with E-state index < -0.39 is 36.2 Å². The lowest BCUT2D eigenvalue weighted by Gasteiger charge is -2.20. The van der Waals surface area contributed by atoms with E-state index in [0.717, 1.165) is 12.1 Å². The fourth-order valence-corrected chi connectivity index (χ4v) is 2.72. The molecule has 0 unspecified atom stereocenters. The van der Waals surface area contributed by atoms with Crippen molar-refractivity contribution in [3.05, 3.63) is 53.8 Å². The molecule has 0 aromatic heterocycles. The van der Waals surface area contributed by atoms with E-state index in [1.165, 1.54) is 12.1 Å². The molecule has 3 rings (SSSR count). The first-order chi connectivity index (χ1) is 14.3. The minimum atomic E-state index is -0.971. The standard InChI is InChI=1S/C21H21FN2O6/c1-12(2)19(24-20(26)13-3-5-14(22)6-4-13)21(27)28-10-18(25)23-15-7-8-16-17(9-15)30-11-29-16/h3-9,12,19H,10-11H2,1-2H3,(H,23,25)(H,24,26)/t19-/m0/s1. The van der Waals surface area contributed by atoms with Gasteiger partial charge in [-0.3, -0.25) is 9.59 Å². The fourth-order valence-electron chi connectivity index (χ4n) is 2.72. The normalized spacial score (nSPS) is 12.9. The van der Waals surface area contributed by atoms with Crippen molar-refractivity contribution in [3.8, 4) is 11.5 Å². The maximum atomic E-state index is 13.0. The summed E-state index contributed by atoms with van der Waals surface area (Å²) in [4.78, 5) is 36.8. The number of nitrogens with one attached hydrogen (secondary N) is 2. The summed E-state index contributed by atoms with van der Waals surface area (Å²) in [6, 6.07) is 8.84. The van der Waals surface area contributed by atoms with Gasteiger partial charge in [0.1, 0.15) is 11.9 Å². The van der Waals surface area contributed by atoms with Crippen LogP contribution in [0.2, 0.25) is 0 Å². The average molecular weight is 416 g/mol. The molecule has 9 heteroatoms. The zero-order valence-corrected chi connectivity index (χ0v) is 16.4. The maximum absolute atomic E-state index is 13.0. The molecule has 0 spiro atoms. The molecule has 2 N–H and O–H groups in total. The third-order valence-corrected chi connectivity index (χ3v) is 4.32. The molecule has 0 fully saturated rings. The number of amides is 2. The summed E-state index contributed by atoms with van der Waals surface area (Å²) in [6.45, 7) is 3.04. The maximum Gasteiger partial charge on any atom is 0.329 e. The second kappa shape index (κ2) is 9.25. The van der Waals surface area contributed by atoms with E-state index in [1.54, 1.807) is 32.0 Å². The molecule has 1 aliphatic rings. The molecule has 1 heterocycles. The minimum Gasteiger partial charge on any atom is -0.454 e. The Hall–Kier alpha value is -3.62. The second-order valence-electron chi connectivity index (χ2n) is 6.93. The number of halogens is 1. The number of benzene rings is 2. The van der Waals surface area contributed by atoms with Crippen LogP contribution in [0.5, 0.6) is 11.5 Å². The van der Waals surface area contributed by atoms with E-state index in [9.17, 15) is 18.8 Å². The molecule has 2 amide bonds. The molecule has 0 radical (unpaired) electrons. The zero-order chi connectivity index (χ0) is 21.7. The van der Waals surface area contributed by atoms with Crippen molar-refractivity contribution in [1.29, 1.82) is 0 Å². The Labute approximate surface area is 172 Å². The molecule has 1 aliphatic heterocycles. The summed E-state index contributed by atoms with van der Waals surface area (Å²) in [7, 11) is 0. The Bertz CT molecular complexity index is 945. The van der Waals surface area contributed by atoms with E-state index in [-0.39, 0.29) is 18.3 Å². The van der Waals surface area contributed by atoms with Gasteiger partial charge in [-0.1, -0.05) is 13.8 Å². The van der Waals surface area contributed by atoms with Crippen LogP contribution < -0.4 is 20.1 Å². The Kier molecular flexibility index (Phi) is 6.51. The van der Waals surface area contributed by atoms with Crippen molar-refractivity contribution in [2.75, 3.05) is 18.7 Å². The lowest BCUT2D eigenvalue weighted by atomic mass is 10.0. The Morgan fingerprint density at radius 1 is 1.07 bits per heavy atom. The monoisotopic (exact) mass is 416 g/mol. The van der Waals surface area contributed by atoms with E-state index in [0.29, 0.717) is 17.2 Å². The minimum absolute atomic E-state index is 0.116. The van der Waals surface area contributed by atoms with Crippen LogP contribution in [-0.4, -0.2) is 37.2 Å². The van der Waals surface area contributed by atoms with Gasteiger partial charge in [0.05, 0.1) is 0 Å². The predicted molar refractivity (Wildman–Crippen MR) is 105 cm³/mol. The van der Waals surface area contributed by atoms with Crippen molar-refractivity contribution in [1.82, 2.24) is 5.32 Å². The number of fused-ring (bicyclic) bond motifs is 1. The van der Waals surface area contributed by atoms with Gasteiger partial charge in [0.25, 0.3) is 11.8 Å². The molecule has 0 saturated carbocycles. The highest BCUT2D eigenvalue weighted by atomic mass is 19.1. The fraction of sp³-hybridized carbons (Fsp3) is 0.286. The molecule has 2 aromatic carbocycles. The summed E-state index contributed by atoms with van der Waals surface area (Å²) < 4.78 is 28.5. The van der Waals surface area contributed by atoms with Gasteiger partial charge in [0, 0.05) is 17.3 Å². The lowest BCUT2D eigenvalue weighted by molar-refractivity contribution is -0.150. The summed E-state index contributed by atoms with van der Waals surface area (Å²) >= 11 is 0. The zero-order valence-electron chi connectivity index (χ0n) is 16.4. The van der Waals surface area contributed by atoms with Crippen LogP contribution in [0.25, 0.3) is 0 Å². The molecular weight excluding hydrogens is 395 g/mol. The predicted octanol–water partition coefficient (Wildman–Crippen LogP) is 2.49. The largest absolute Gasteiger partial charge is 0.454 e. The summed E-state index contributed by atoms with van der Waals surface area (Å²) in [5, 5.41) is 5.15. The molecular formula is C21H21FN2O6. The Morgan fingerprint density at radius 2 is 1.77 bits per heavy atom. The summed E-state index contributed by atoms with van der Waals surface area (Å²) in [5.41, 5.74) is 0.667. The average Bonchev–Trinajstić information content (AvgIpc) is 3.18. The van der Waals surface area contributed by atoms with Crippen molar-refractivity contribution in [3.63, 3.8) is 0 Å². The van der Waals surface area contributed by atoms with E-state index in [4.69, 9.17) is 14.2 Å². The quantitative estimate of drug-likeness (QED) is 0.673. The van der Waals surface area contributed by atoms with Crippen LogP contribution in [0.4, 0.5) is 10.1 Å². The SMILES string of the molecule is CC(C)[C@H](NC(=O)c1ccc(F)cc1)C(=O)OCC(=O)Nc1ccc2c(c1)OCO2. The molecule has 0 aliphatic carbocycles. The third kappa shape index (κ3) is 5.25. The van der Waals surface area contributed by atoms with Crippen LogP contribution in [0.1, 0.15) is 24.2 Å².